The molecule has 1 atom stereocenters. The molecule has 0 aromatic heterocycles. The largest absolute Gasteiger partial charge is 0.376 e. The minimum atomic E-state index is 0.385. The van der Waals surface area contributed by atoms with Crippen LogP contribution < -0.4 is 0 Å². The lowest BCUT2D eigenvalue weighted by atomic mass is 9.95. The molecule has 1 unspecified atom stereocenters. The Kier molecular flexibility index (Phi) is 7.96. The van der Waals surface area contributed by atoms with Gasteiger partial charge in [-0.15, -0.1) is 0 Å². The second-order valence-corrected chi connectivity index (χ2v) is 6.39. The van der Waals surface area contributed by atoms with E-state index in [0.29, 0.717) is 6.10 Å². The third kappa shape index (κ3) is 5.40. The Bertz CT molecular complexity index is 503. The Morgan fingerprint density at radius 3 is 2.36 bits per heavy atom. The molecule has 0 aromatic carbocycles. The summed E-state index contributed by atoms with van der Waals surface area (Å²) < 4.78 is 10.8. The fraction of sp³-hybridized carbons (Fsp3) is 0.700. The van der Waals surface area contributed by atoms with Crippen molar-refractivity contribution in [3.05, 3.63) is 34.2 Å². The zero-order valence-corrected chi connectivity index (χ0v) is 14.4. The molecule has 0 amide bonds. The van der Waals surface area contributed by atoms with Crippen LogP contribution in [0.5, 0.6) is 0 Å². The van der Waals surface area contributed by atoms with Crippen molar-refractivity contribution in [1.82, 2.24) is 0 Å². The number of hydrogen-bond donors (Lipinski definition) is 0. The summed E-state index contributed by atoms with van der Waals surface area (Å²) in [7, 11) is 0. The van der Waals surface area contributed by atoms with Crippen molar-refractivity contribution < 1.29 is 9.47 Å². The Morgan fingerprint density at radius 2 is 1.82 bits per heavy atom. The van der Waals surface area contributed by atoms with E-state index in [4.69, 9.17) is 9.47 Å². The van der Waals surface area contributed by atoms with Crippen molar-refractivity contribution in [2.45, 2.75) is 71.3 Å². The van der Waals surface area contributed by atoms with Gasteiger partial charge in [-0.1, -0.05) is 64.2 Å². The standard InChI is InChI=1S/C11H14.C9H18O2/c1-2-3-4-5-9-8-10-6-7-11(9)10;1-2-3-4-5-9-8-10-6-7-11-9/h6-8H,2-5H2,1H3;9H,2-8H2,1H3. The maximum atomic E-state index is 5.50. The number of rotatable bonds is 8. The van der Waals surface area contributed by atoms with Gasteiger partial charge in [0.15, 0.2) is 0 Å². The van der Waals surface area contributed by atoms with Crippen LogP contribution in [0.25, 0.3) is 0 Å². The first-order chi connectivity index (χ1) is 10.8. The number of benzene rings is 1. The molecule has 3 rings (SSSR count). The topological polar surface area (TPSA) is 18.5 Å². The van der Waals surface area contributed by atoms with Crippen LogP contribution in [0.15, 0.2) is 18.2 Å². The predicted octanol–water partition coefficient (Wildman–Crippen LogP) is 5.00. The van der Waals surface area contributed by atoms with E-state index in [-0.39, 0.29) is 0 Å². The van der Waals surface area contributed by atoms with Gasteiger partial charge in [0, 0.05) is 0 Å². The molecule has 3 aliphatic rings. The van der Waals surface area contributed by atoms with E-state index >= 15 is 0 Å². The van der Waals surface area contributed by atoms with Crippen LogP contribution in [0.4, 0.5) is 0 Å². The molecule has 1 heterocycles. The Balaban J connectivity index is 0.000000160. The highest BCUT2D eigenvalue weighted by Gasteiger charge is 2.12. The third-order valence-corrected chi connectivity index (χ3v) is 4.48. The van der Waals surface area contributed by atoms with Gasteiger partial charge in [-0.2, -0.15) is 0 Å². The van der Waals surface area contributed by atoms with Crippen molar-refractivity contribution in [2.75, 3.05) is 19.8 Å². The molecule has 0 bridgehead atoms. The zero-order chi connectivity index (χ0) is 15.6. The van der Waals surface area contributed by atoms with Gasteiger partial charge in [-0.05, 0) is 35.3 Å². The Morgan fingerprint density at radius 1 is 1.00 bits per heavy atom. The van der Waals surface area contributed by atoms with Crippen LogP contribution in [-0.4, -0.2) is 25.9 Å². The minimum absolute atomic E-state index is 0.385. The van der Waals surface area contributed by atoms with E-state index in [1.165, 1.54) is 56.6 Å². The van der Waals surface area contributed by atoms with E-state index < -0.39 is 0 Å². The van der Waals surface area contributed by atoms with E-state index in [9.17, 15) is 0 Å². The smallest absolute Gasteiger partial charge is 0.0809 e. The summed E-state index contributed by atoms with van der Waals surface area (Å²) in [6.45, 7) is 6.85. The molecular weight excluding hydrogens is 272 g/mol. The molecule has 1 fully saturated rings. The van der Waals surface area contributed by atoms with Crippen molar-refractivity contribution >= 4 is 0 Å². The normalized spacial score (nSPS) is 18.5. The Hall–Kier alpha value is -0.860. The predicted molar refractivity (Wildman–Crippen MR) is 92.0 cm³/mol. The van der Waals surface area contributed by atoms with Crippen LogP contribution >= 0.6 is 0 Å². The fourth-order valence-electron chi connectivity index (χ4n) is 2.97. The number of unbranched alkanes of at least 4 members (excludes halogenated alkanes) is 4. The summed E-state index contributed by atoms with van der Waals surface area (Å²) >= 11 is 0. The van der Waals surface area contributed by atoms with Crippen LogP contribution in [0, 0.1) is 10.4 Å². The summed E-state index contributed by atoms with van der Waals surface area (Å²) in [6, 6.07) is 6.75. The first-order valence-corrected chi connectivity index (χ1v) is 9.17. The number of hydrogen-bond acceptors (Lipinski definition) is 2. The molecule has 2 nitrogen and oxygen atoms in total. The highest BCUT2D eigenvalue weighted by atomic mass is 16.6. The highest BCUT2D eigenvalue weighted by Crippen LogP contribution is 2.18. The monoisotopic (exact) mass is 304 g/mol. The van der Waals surface area contributed by atoms with Crippen molar-refractivity contribution in [3.63, 3.8) is 0 Å². The maximum absolute atomic E-state index is 5.50. The maximum Gasteiger partial charge on any atom is 0.0809 e. The van der Waals surface area contributed by atoms with Crippen molar-refractivity contribution in [1.29, 1.82) is 0 Å². The van der Waals surface area contributed by atoms with Gasteiger partial charge in [0.05, 0.1) is 25.9 Å². The van der Waals surface area contributed by atoms with E-state index in [1.54, 1.807) is 10.8 Å². The molecule has 124 valence electrons. The summed E-state index contributed by atoms with van der Waals surface area (Å²) in [6.07, 6.45) is 10.8. The van der Waals surface area contributed by atoms with Crippen LogP contribution in [0.1, 0.15) is 64.4 Å². The minimum Gasteiger partial charge on any atom is -0.376 e. The summed E-state index contributed by atoms with van der Waals surface area (Å²) in [5.74, 6) is 0. The molecule has 22 heavy (non-hydrogen) atoms. The van der Waals surface area contributed by atoms with E-state index in [0.717, 1.165) is 19.8 Å². The molecule has 0 spiro atoms. The van der Waals surface area contributed by atoms with E-state index in [1.807, 2.05) is 0 Å². The van der Waals surface area contributed by atoms with Gasteiger partial charge in [0.2, 0.25) is 0 Å². The van der Waals surface area contributed by atoms with Crippen LogP contribution in [0.2, 0.25) is 0 Å². The SMILES string of the molecule is CCCCCC1COCCO1.CCCCCc1cc2ccc1=2. The van der Waals surface area contributed by atoms with Crippen LogP contribution in [0.3, 0.4) is 0 Å². The average molecular weight is 304 g/mol. The first kappa shape index (κ1) is 17.5. The van der Waals surface area contributed by atoms with Gasteiger partial charge in [-0.25, -0.2) is 0 Å². The highest BCUT2D eigenvalue weighted by molar-refractivity contribution is 5.33. The molecular formula is C20H32O2. The molecule has 1 saturated heterocycles. The molecule has 0 aromatic rings. The zero-order valence-electron chi connectivity index (χ0n) is 14.4. The van der Waals surface area contributed by atoms with Gasteiger partial charge < -0.3 is 9.47 Å². The lowest BCUT2D eigenvalue weighted by molar-refractivity contribution is -0.0912. The third-order valence-electron chi connectivity index (χ3n) is 4.48. The second-order valence-electron chi connectivity index (χ2n) is 6.39. The molecule has 0 radical (unpaired) electrons. The molecule has 0 saturated carbocycles. The van der Waals surface area contributed by atoms with Gasteiger partial charge in [-0.3, -0.25) is 0 Å². The number of ether oxygens (including phenoxy) is 2. The second kappa shape index (κ2) is 10.0. The molecule has 1 aliphatic heterocycles. The number of aryl methyl sites for hydroxylation is 1. The van der Waals surface area contributed by atoms with Crippen molar-refractivity contribution in [3.8, 4) is 0 Å². The fourth-order valence-corrected chi connectivity index (χ4v) is 2.97. The Labute approximate surface area is 135 Å². The van der Waals surface area contributed by atoms with E-state index in [2.05, 4.69) is 32.0 Å². The quantitative estimate of drug-likeness (QED) is 0.639. The van der Waals surface area contributed by atoms with Crippen LogP contribution in [-0.2, 0) is 15.9 Å². The van der Waals surface area contributed by atoms with Gasteiger partial charge in [0.1, 0.15) is 0 Å². The summed E-state index contributed by atoms with van der Waals surface area (Å²) in [5, 5.41) is 3.03. The van der Waals surface area contributed by atoms with Gasteiger partial charge in [0.25, 0.3) is 0 Å². The molecule has 2 heteroatoms. The average Bonchev–Trinajstić information content (AvgIpc) is 2.53. The van der Waals surface area contributed by atoms with Crippen molar-refractivity contribution in [2.24, 2.45) is 0 Å². The lowest BCUT2D eigenvalue weighted by Gasteiger charge is -2.22. The first-order valence-electron chi connectivity index (χ1n) is 9.17. The lowest BCUT2D eigenvalue weighted by Crippen LogP contribution is -2.28. The summed E-state index contributed by atoms with van der Waals surface area (Å²) in [5.41, 5.74) is 1.59. The molecule has 0 N–H and O–H groups in total. The summed E-state index contributed by atoms with van der Waals surface area (Å²) in [4.78, 5) is 0. The molecule has 2 aliphatic carbocycles. The van der Waals surface area contributed by atoms with Gasteiger partial charge >= 0.3 is 0 Å².